The average molecular weight is 324 g/mol. The van der Waals surface area contributed by atoms with Crippen molar-refractivity contribution in [2.45, 2.75) is 30.0 Å². The van der Waals surface area contributed by atoms with E-state index < -0.39 is 4.33 Å². The molecule has 1 unspecified atom stereocenters. The van der Waals surface area contributed by atoms with Gasteiger partial charge in [-0.05, 0) is 61.5 Å². The minimum atomic E-state index is -0.474. The summed E-state index contributed by atoms with van der Waals surface area (Å²) < 4.78 is -0.474. The maximum absolute atomic E-state index is 12.4. The Kier molecular flexibility index (Phi) is 3.24. The van der Waals surface area contributed by atoms with Crippen molar-refractivity contribution >= 4 is 34.8 Å². The van der Waals surface area contributed by atoms with E-state index in [4.69, 9.17) is 23.2 Å². The summed E-state index contributed by atoms with van der Waals surface area (Å²) >= 11 is 12.6. The highest BCUT2D eigenvalue weighted by molar-refractivity contribution is 6.51. The van der Waals surface area contributed by atoms with Gasteiger partial charge in [0.25, 0.3) is 0 Å². The van der Waals surface area contributed by atoms with Crippen molar-refractivity contribution in [2.24, 2.45) is 29.6 Å². The minimum Gasteiger partial charge on any atom is -0.326 e. The van der Waals surface area contributed by atoms with Crippen LogP contribution in [0.5, 0.6) is 0 Å². The number of fused-ring (bicyclic) bond motifs is 2. The number of amides is 1. The highest BCUT2D eigenvalue weighted by atomic mass is 35.5. The minimum absolute atomic E-state index is 0.190. The van der Waals surface area contributed by atoms with E-state index in [1.54, 1.807) is 0 Å². The van der Waals surface area contributed by atoms with Gasteiger partial charge in [0.05, 0.1) is 0 Å². The van der Waals surface area contributed by atoms with Crippen molar-refractivity contribution in [2.75, 3.05) is 5.32 Å². The van der Waals surface area contributed by atoms with Crippen LogP contribution < -0.4 is 5.32 Å². The smallest absolute Gasteiger partial charge is 0.228 e. The largest absolute Gasteiger partial charge is 0.326 e. The van der Waals surface area contributed by atoms with Gasteiger partial charge in [-0.2, -0.15) is 0 Å². The topological polar surface area (TPSA) is 29.1 Å². The zero-order valence-corrected chi connectivity index (χ0v) is 13.3. The Bertz CT molecular complexity index is 537. The molecular weight excluding hydrogens is 305 g/mol. The predicted molar refractivity (Wildman–Crippen MR) is 85.4 cm³/mol. The molecule has 0 saturated heterocycles. The average Bonchev–Trinajstić information content (AvgIpc) is 3.24. The Labute approximate surface area is 135 Å². The van der Waals surface area contributed by atoms with Crippen LogP contribution in [0.15, 0.2) is 30.3 Å². The molecular formula is C17H19Cl2NO. The van der Waals surface area contributed by atoms with Crippen molar-refractivity contribution in [3.8, 4) is 0 Å². The van der Waals surface area contributed by atoms with E-state index in [0.29, 0.717) is 23.7 Å². The van der Waals surface area contributed by atoms with Crippen LogP contribution in [0, 0.1) is 29.6 Å². The SMILES string of the molecule is O=C(Nc1ccccc1)C1[C@H]2CC[C@@H]3[C@H](CC[C@@H]12)C3(Cl)Cl. The number of anilines is 1. The molecule has 4 heteroatoms. The Morgan fingerprint density at radius 3 is 2.14 bits per heavy atom. The molecule has 0 bridgehead atoms. The maximum atomic E-state index is 12.4. The van der Waals surface area contributed by atoms with Gasteiger partial charge in [-0.25, -0.2) is 0 Å². The molecule has 3 aliphatic carbocycles. The lowest BCUT2D eigenvalue weighted by Crippen LogP contribution is -2.15. The number of carbonyl (C=O) groups is 1. The first kappa shape index (κ1) is 13.9. The molecule has 21 heavy (non-hydrogen) atoms. The van der Waals surface area contributed by atoms with Crippen LogP contribution in [-0.2, 0) is 4.79 Å². The number of carbonyl (C=O) groups excluding carboxylic acids is 1. The molecule has 4 rings (SSSR count). The Morgan fingerprint density at radius 2 is 1.57 bits per heavy atom. The van der Waals surface area contributed by atoms with Crippen LogP contribution >= 0.6 is 23.2 Å². The van der Waals surface area contributed by atoms with E-state index in [0.717, 1.165) is 31.4 Å². The lowest BCUT2D eigenvalue weighted by molar-refractivity contribution is -0.117. The van der Waals surface area contributed by atoms with Gasteiger partial charge in [0.15, 0.2) is 0 Å². The molecule has 112 valence electrons. The normalized spacial score (nSPS) is 39.2. The van der Waals surface area contributed by atoms with Crippen LogP contribution in [-0.4, -0.2) is 10.2 Å². The third-order valence-corrected chi connectivity index (χ3v) is 6.78. The Balaban J connectivity index is 1.38. The van der Waals surface area contributed by atoms with E-state index in [9.17, 15) is 4.79 Å². The van der Waals surface area contributed by atoms with Crippen LogP contribution in [0.3, 0.4) is 0 Å². The van der Waals surface area contributed by atoms with E-state index in [-0.39, 0.29) is 11.8 Å². The zero-order valence-electron chi connectivity index (χ0n) is 11.8. The Hall–Kier alpha value is -0.730. The molecule has 1 aromatic carbocycles. The first-order chi connectivity index (χ1) is 10.1. The van der Waals surface area contributed by atoms with E-state index in [1.807, 2.05) is 30.3 Å². The van der Waals surface area contributed by atoms with E-state index in [1.165, 1.54) is 0 Å². The quantitative estimate of drug-likeness (QED) is 0.799. The third kappa shape index (κ3) is 2.37. The summed E-state index contributed by atoms with van der Waals surface area (Å²) in [6.07, 6.45) is 4.35. The summed E-state index contributed by atoms with van der Waals surface area (Å²) in [6.45, 7) is 0. The molecule has 3 saturated carbocycles. The van der Waals surface area contributed by atoms with Gasteiger partial charge in [-0.15, -0.1) is 23.2 Å². The molecule has 3 fully saturated rings. The van der Waals surface area contributed by atoms with Gasteiger partial charge >= 0.3 is 0 Å². The van der Waals surface area contributed by atoms with Crippen molar-refractivity contribution in [3.05, 3.63) is 30.3 Å². The van der Waals surface area contributed by atoms with Gasteiger partial charge in [-0.3, -0.25) is 4.79 Å². The summed E-state index contributed by atoms with van der Waals surface area (Å²) in [7, 11) is 0. The first-order valence-electron chi connectivity index (χ1n) is 7.83. The number of rotatable bonds is 2. The molecule has 1 N–H and O–H groups in total. The number of hydrogen-bond donors (Lipinski definition) is 1. The van der Waals surface area contributed by atoms with Crippen molar-refractivity contribution in [3.63, 3.8) is 0 Å². The van der Waals surface area contributed by atoms with Crippen molar-refractivity contribution in [1.29, 1.82) is 0 Å². The highest BCUT2D eigenvalue weighted by Crippen LogP contribution is 2.67. The number of alkyl halides is 2. The third-order valence-electron chi connectivity index (χ3n) is 5.66. The van der Waals surface area contributed by atoms with Crippen LogP contribution in [0.4, 0.5) is 5.69 Å². The number of halogens is 2. The van der Waals surface area contributed by atoms with Gasteiger partial charge in [0.1, 0.15) is 4.33 Å². The molecule has 5 atom stereocenters. The number of para-hydroxylation sites is 1. The fourth-order valence-corrected chi connectivity index (χ4v) is 5.28. The van der Waals surface area contributed by atoms with Gasteiger partial charge < -0.3 is 5.32 Å². The number of hydrogen-bond acceptors (Lipinski definition) is 1. The van der Waals surface area contributed by atoms with Crippen LogP contribution in [0.1, 0.15) is 25.7 Å². The van der Waals surface area contributed by atoms with Crippen molar-refractivity contribution < 1.29 is 4.79 Å². The molecule has 0 aliphatic heterocycles. The molecule has 1 amide bonds. The lowest BCUT2D eigenvalue weighted by Gasteiger charge is -2.04. The summed E-state index contributed by atoms with van der Waals surface area (Å²) in [4.78, 5) is 12.4. The molecule has 2 nitrogen and oxygen atoms in total. The number of nitrogens with one attached hydrogen (secondary N) is 1. The first-order valence-corrected chi connectivity index (χ1v) is 8.58. The highest BCUT2D eigenvalue weighted by Gasteiger charge is 2.65. The van der Waals surface area contributed by atoms with Gasteiger partial charge in [0, 0.05) is 11.6 Å². The fourth-order valence-electron chi connectivity index (χ4n) is 4.36. The molecule has 0 spiro atoms. The Morgan fingerprint density at radius 1 is 1.00 bits per heavy atom. The second-order valence-corrected chi connectivity index (χ2v) is 8.20. The van der Waals surface area contributed by atoms with Crippen LogP contribution in [0.25, 0.3) is 0 Å². The van der Waals surface area contributed by atoms with Crippen molar-refractivity contribution in [1.82, 2.24) is 0 Å². The predicted octanol–water partition coefficient (Wildman–Crippen LogP) is 4.48. The number of benzene rings is 1. The second kappa shape index (κ2) is 4.89. The second-order valence-electron chi connectivity index (χ2n) is 6.75. The maximum Gasteiger partial charge on any atom is 0.228 e. The molecule has 3 aliphatic rings. The summed E-state index contributed by atoms with van der Waals surface area (Å²) in [5, 5.41) is 3.05. The molecule has 1 aromatic rings. The molecule has 0 radical (unpaired) electrons. The molecule has 0 heterocycles. The van der Waals surface area contributed by atoms with E-state index >= 15 is 0 Å². The summed E-state index contributed by atoms with van der Waals surface area (Å²) in [5.41, 5.74) is 0.894. The standard InChI is InChI=1S/C17H19Cl2NO/c18-17(19)13-8-6-11-12(7-9-14(13)17)15(11)16(21)20-10-4-2-1-3-5-10/h1-5,11-15H,6-9H2,(H,20,21)/t11-,12+,13+,14-,15?. The van der Waals surface area contributed by atoms with E-state index in [2.05, 4.69) is 5.32 Å². The summed E-state index contributed by atoms with van der Waals surface area (Å²) in [5.74, 6) is 2.39. The van der Waals surface area contributed by atoms with Gasteiger partial charge in [-0.1, -0.05) is 18.2 Å². The fraction of sp³-hybridized carbons (Fsp3) is 0.588. The lowest BCUT2D eigenvalue weighted by atomic mass is 10.0. The summed E-state index contributed by atoms with van der Waals surface area (Å²) in [6, 6.07) is 9.72. The molecule has 0 aromatic heterocycles. The zero-order chi connectivity index (χ0) is 14.6. The monoisotopic (exact) mass is 323 g/mol. The van der Waals surface area contributed by atoms with Crippen LogP contribution in [0.2, 0.25) is 0 Å². The van der Waals surface area contributed by atoms with Gasteiger partial charge in [0.2, 0.25) is 5.91 Å².